The van der Waals surface area contributed by atoms with Gasteiger partial charge in [0, 0.05) is 0 Å². The van der Waals surface area contributed by atoms with Gasteiger partial charge in [0.05, 0.1) is 0 Å². The van der Waals surface area contributed by atoms with Crippen LogP contribution in [0.4, 0.5) is 0 Å². The normalized spacial score (nSPS) is 13.4. The summed E-state index contributed by atoms with van der Waals surface area (Å²) in [7, 11) is -5.57. The molecule has 6 aromatic rings. The Balaban J connectivity index is 1.70. The number of fused-ring (bicyclic) bond motifs is 3. The first-order valence-electron chi connectivity index (χ1n) is 13.9. The van der Waals surface area contributed by atoms with Crippen LogP contribution in [0.1, 0.15) is 50.7 Å². The van der Waals surface area contributed by atoms with Crippen molar-refractivity contribution in [1.82, 2.24) is 0 Å². The molecule has 0 atom stereocenters. The zero-order valence-electron chi connectivity index (χ0n) is 23.3. The molecule has 4 heteroatoms. The number of hydrogen-bond donors (Lipinski definition) is 3. The van der Waals surface area contributed by atoms with E-state index in [-0.39, 0.29) is 16.5 Å². The minimum absolute atomic E-state index is 0.120. The van der Waals surface area contributed by atoms with E-state index in [1.54, 1.807) is 18.2 Å². The van der Waals surface area contributed by atoms with Gasteiger partial charge in [-0.25, -0.2) is 0 Å². The summed E-state index contributed by atoms with van der Waals surface area (Å²) in [5.74, 6) is 0.583. The van der Waals surface area contributed by atoms with E-state index < -0.39 is 7.28 Å². The second-order valence-corrected chi connectivity index (χ2v) is 14.5. The van der Waals surface area contributed by atoms with Gasteiger partial charge in [0.2, 0.25) is 0 Å². The van der Waals surface area contributed by atoms with E-state index in [4.69, 9.17) is 0 Å². The monoisotopic (exact) mass is 546 g/mol. The molecule has 0 saturated carbocycles. The predicted octanol–water partition coefficient (Wildman–Crippen LogP) is 8.29. The van der Waals surface area contributed by atoms with Gasteiger partial charge in [-0.15, -0.1) is 0 Å². The molecule has 0 aliphatic carbocycles. The molecule has 40 heavy (non-hydrogen) atoms. The van der Waals surface area contributed by atoms with Crippen LogP contribution < -0.4 is 10.6 Å². The van der Waals surface area contributed by atoms with E-state index in [0.29, 0.717) is 11.5 Å². The molecule has 0 aliphatic rings. The first kappa shape index (κ1) is 26.6. The molecule has 6 aromatic carbocycles. The van der Waals surface area contributed by atoms with Crippen LogP contribution in [0.15, 0.2) is 109 Å². The van der Waals surface area contributed by atoms with Crippen LogP contribution in [-0.4, -0.2) is 14.7 Å². The average Bonchev–Trinajstić information content (AvgIpc) is 2.95. The predicted molar refractivity (Wildman–Crippen MR) is 172 cm³/mol. The second kappa shape index (κ2) is 9.51. The van der Waals surface area contributed by atoms with Gasteiger partial charge in [-0.2, -0.15) is 0 Å². The summed E-state index contributed by atoms with van der Waals surface area (Å²) < 4.78 is 0. The van der Waals surface area contributed by atoms with E-state index in [0.717, 1.165) is 43.4 Å². The Morgan fingerprint density at radius 2 is 1.15 bits per heavy atom. The minimum atomic E-state index is -5.57. The molecule has 6 rings (SSSR count). The van der Waals surface area contributed by atoms with E-state index in [1.807, 2.05) is 60.7 Å². The van der Waals surface area contributed by atoms with Crippen molar-refractivity contribution in [3.05, 3.63) is 120 Å². The summed E-state index contributed by atoms with van der Waals surface area (Å²) in [6.45, 7) is 8.70. The Morgan fingerprint density at radius 3 is 1.88 bits per heavy atom. The molecule has 0 spiro atoms. The van der Waals surface area contributed by atoms with Crippen molar-refractivity contribution in [2.45, 2.75) is 39.5 Å². The maximum absolute atomic E-state index is 12.1. The molecule has 0 bridgehead atoms. The molecule has 0 heterocycles. The number of rotatable bonds is 5. The standard InChI is InChI=1S/C36H35O3P/c1-23(2)27-13-14-29-21-34(33(24(3)4)22-30(29)19-27)36-32-12-8-7-10-26(32)16-18-35(36)40(37,38,39)31-17-15-25-9-5-6-11-28(25)20-31/h5-24,37-39H,1-4H3. The van der Waals surface area contributed by atoms with Gasteiger partial charge >= 0.3 is 236 Å². The number of benzene rings is 6. The Bertz CT molecular complexity index is 1910. The Labute approximate surface area is 235 Å². The van der Waals surface area contributed by atoms with Crippen molar-refractivity contribution in [3.63, 3.8) is 0 Å². The van der Waals surface area contributed by atoms with Crippen LogP contribution in [0.2, 0.25) is 0 Å². The molecule has 0 aliphatic heterocycles. The van der Waals surface area contributed by atoms with Gasteiger partial charge in [-0.1, -0.05) is 0 Å². The second-order valence-electron chi connectivity index (χ2n) is 11.5. The van der Waals surface area contributed by atoms with E-state index in [1.165, 1.54) is 5.56 Å². The third-order valence-electron chi connectivity index (χ3n) is 8.15. The molecular weight excluding hydrogens is 511 g/mol. The SMILES string of the molecule is CC(C)c1ccc2cc(-c3c(P(O)(O)(O)c4ccc5ccccc5c4)ccc4ccccc34)c(C(C)C)cc2c1. The van der Waals surface area contributed by atoms with E-state index in [2.05, 4.69) is 58.0 Å². The van der Waals surface area contributed by atoms with Crippen LogP contribution in [0.25, 0.3) is 43.4 Å². The molecule has 0 aromatic heterocycles. The molecule has 202 valence electrons. The zero-order valence-corrected chi connectivity index (χ0v) is 24.2. The molecule has 0 radical (unpaired) electrons. The van der Waals surface area contributed by atoms with E-state index >= 15 is 0 Å². The van der Waals surface area contributed by atoms with Crippen LogP contribution in [-0.2, 0) is 0 Å². The quantitative estimate of drug-likeness (QED) is 0.191. The van der Waals surface area contributed by atoms with Crippen molar-refractivity contribution in [2.24, 2.45) is 0 Å². The fourth-order valence-corrected chi connectivity index (χ4v) is 7.85. The van der Waals surface area contributed by atoms with Crippen LogP contribution in [0.3, 0.4) is 0 Å². The first-order chi connectivity index (χ1) is 19.0. The van der Waals surface area contributed by atoms with Crippen molar-refractivity contribution >= 4 is 50.2 Å². The van der Waals surface area contributed by atoms with Gasteiger partial charge < -0.3 is 0 Å². The summed E-state index contributed by atoms with van der Waals surface area (Å²) in [4.78, 5) is 36.2. The zero-order chi connectivity index (χ0) is 28.3. The Hall–Kier alpha value is -3.59. The van der Waals surface area contributed by atoms with Gasteiger partial charge in [0.15, 0.2) is 0 Å². The van der Waals surface area contributed by atoms with Crippen molar-refractivity contribution in [1.29, 1.82) is 0 Å². The van der Waals surface area contributed by atoms with Gasteiger partial charge in [0.1, 0.15) is 0 Å². The van der Waals surface area contributed by atoms with Crippen LogP contribution in [0, 0.1) is 0 Å². The molecular formula is C36H35O3P. The third-order valence-corrected chi connectivity index (χ3v) is 10.6. The summed E-state index contributed by atoms with van der Waals surface area (Å²) in [5.41, 5.74) is 3.94. The fraction of sp³-hybridized carbons (Fsp3) is 0.167. The third kappa shape index (κ3) is 4.40. The Morgan fingerprint density at radius 1 is 0.525 bits per heavy atom. The number of hydrogen-bond acceptors (Lipinski definition) is 3. The van der Waals surface area contributed by atoms with Crippen molar-refractivity contribution < 1.29 is 14.7 Å². The van der Waals surface area contributed by atoms with Crippen molar-refractivity contribution in [2.75, 3.05) is 0 Å². The van der Waals surface area contributed by atoms with Crippen LogP contribution in [0.5, 0.6) is 0 Å². The molecule has 0 unspecified atom stereocenters. The van der Waals surface area contributed by atoms with Gasteiger partial charge in [-0.05, 0) is 0 Å². The van der Waals surface area contributed by atoms with Crippen molar-refractivity contribution in [3.8, 4) is 11.1 Å². The summed E-state index contributed by atoms with van der Waals surface area (Å²) >= 11 is 0. The summed E-state index contributed by atoms with van der Waals surface area (Å²) in [5, 5.41) is 6.14. The topological polar surface area (TPSA) is 60.7 Å². The molecule has 0 amide bonds. The van der Waals surface area contributed by atoms with Gasteiger partial charge in [-0.3, -0.25) is 0 Å². The fourth-order valence-electron chi connectivity index (χ4n) is 5.85. The maximum atomic E-state index is 12.1. The Kier molecular flexibility index (Phi) is 6.33. The molecule has 3 nitrogen and oxygen atoms in total. The first-order valence-corrected chi connectivity index (χ1v) is 16.0. The molecule has 0 fully saturated rings. The van der Waals surface area contributed by atoms with Crippen LogP contribution >= 0.6 is 7.28 Å². The molecule has 3 N–H and O–H groups in total. The molecule has 0 saturated heterocycles. The van der Waals surface area contributed by atoms with Gasteiger partial charge in [0.25, 0.3) is 0 Å². The summed E-state index contributed by atoms with van der Waals surface area (Å²) in [6, 6.07) is 35.3. The average molecular weight is 547 g/mol. The summed E-state index contributed by atoms with van der Waals surface area (Å²) in [6.07, 6.45) is 0. The van der Waals surface area contributed by atoms with E-state index in [9.17, 15) is 14.7 Å².